The zero-order valence-electron chi connectivity index (χ0n) is 21.0. The second kappa shape index (κ2) is 8.89. The van der Waals surface area contributed by atoms with E-state index in [9.17, 15) is 0 Å². The maximum atomic E-state index is 6.20. The Morgan fingerprint density at radius 1 is 0.711 bits per heavy atom. The molecule has 5 nitrogen and oxygen atoms in total. The van der Waals surface area contributed by atoms with Gasteiger partial charge in [-0.3, -0.25) is 4.57 Å². The Hall–Kier alpha value is -4.90. The Labute approximate surface area is 222 Å². The lowest BCUT2D eigenvalue weighted by molar-refractivity contribution is 0.475. The second-order valence-corrected chi connectivity index (χ2v) is 9.84. The molecule has 0 spiro atoms. The average molecular weight is 495 g/mol. The first-order chi connectivity index (χ1) is 18.7. The third kappa shape index (κ3) is 3.63. The predicted molar refractivity (Wildman–Crippen MR) is 151 cm³/mol. The molecule has 5 aromatic rings. The lowest BCUT2D eigenvalue weighted by atomic mass is 9.81. The van der Waals surface area contributed by atoms with E-state index in [4.69, 9.17) is 9.84 Å². The molecule has 1 unspecified atom stereocenters. The smallest absolute Gasteiger partial charge is 0.168 e. The van der Waals surface area contributed by atoms with E-state index in [0.717, 1.165) is 57.9 Å². The van der Waals surface area contributed by atoms with Gasteiger partial charge in [-0.15, -0.1) is 10.2 Å². The molecule has 2 heterocycles. The topological polar surface area (TPSA) is 43.2 Å². The molecule has 0 radical (unpaired) electrons. The molecule has 4 aromatic carbocycles. The van der Waals surface area contributed by atoms with Crippen molar-refractivity contribution in [2.75, 3.05) is 4.90 Å². The standard InChI is InChI=1S/C33H26N4O/c1-33(32-35-34-31(24-12-4-2-5-13-24)37(32)25-14-6-3-7-15-25)22-20-26(21-23-33)36-27-16-8-10-18-29(27)38-30-19-11-9-17-28(30)36/h2-22H,23H2,1H3. The van der Waals surface area contributed by atoms with Crippen molar-refractivity contribution in [3.05, 3.63) is 139 Å². The van der Waals surface area contributed by atoms with Crippen LogP contribution in [0, 0.1) is 0 Å². The van der Waals surface area contributed by atoms with Crippen LogP contribution in [0.2, 0.25) is 0 Å². The predicted octanol–water partition coefficient (Wildman–Crippen LogP) is 7.98. The molecule has 0 fully saturated rings. The van der Waals surface area contributed by atoms with Crippen molar-refractivity contribution in [1.29, 1.82) is 0 Å². The lowest BCUT2D eigenvalue weighted by Gasteiger charge is -2.36. The molecule has 184 valence electrons. The molecule has 7 rings (SSSR count). The summed E-state index contributed by atoms with van der Waals surface area (Å²) in [6, 6.07) is 37.0. The van der Waals surface area contributed by atoms with Gasteiger partial charge in [-0.05, 0) is 55.8 Å². The zero-order chi connectivity index (χ0) is 25.5. The van der Waals surface area contributed by atoms with Gasteiger partial charge in [0.2, 0.25) is 0 Å². The molecule has 1 aliphatic carbocycles. The Morgan fingerprint density at radius 2 is 1.32 bits per heavy atom. The van der Waals surface area contributed by atoms with Crippen LogP contribution < -0.4 is 9.64 Å². The van der Waals surface area contributed by atoms with Crippen molar-refractivity contribution < 1.29 is 4.74 Å². The van der Waals surface area contributed by atoms with Gasteiger partial charge in [-0.25, -0.2) is 0 Å². The van der Waals surface area contributed by atoms with E-state index in [1.165, 1.54) is 0 Å². The number of para-hydroxylation sites is 5. The maximum absolute atomic E-state index is 6.20. The minimum Gasteiger partial charge on any atom is -0.453 e. The number of benzene rings is 4. The molecular weight excluding hydrogens is 468 g/mol. The quantitative estimate of drug-likeness (QED) is 0.254. The van der Waals surface area contributed by atoms with Crippen LogP contribution in [0.1, 0.15) is 19.2 Å². The number of nitrogens with zero attached hydrogens (tertiary/aromatic N) is 4. The SMILES string of the molecule is CC1(c2nnc(-c3ccccc3)n2-c2ccccc2)C=CC(N2c3ccccc3Oc3ccccc32)=CC1. The first-order valence-corrected chi connectivity index (χ1v) is 12.8. The van der Waals surface area contributed by atoms with Gasteiger partial charge in [-0.2, -0.15) is 0 Å². The van der Waals surface area contributed by atoms with Crippen LogP contribution in [-0.2, 0) is 5.41 Å². The van der Waals surface area contributed by atoms with Gasteiger partial charge in [0.05, 0.1) is 11.4 Å². The molecule has 0 N–H and O–H groups in total. The highest BCUT2D eigenvalue weighted by Gasteiger charge is 2.35. The fraction of sp³-hybridized carbons (Fsp3) is 0.0909. The number of aromatic nitrogens is 3. The number of allylic oxidation sites excluding steroid dienone is 3. The van der Waals surface area contributed by atoms with Gasteiger partial charge in [0.15, 0.2) is 17.3 Å². The Balaban J connectivity index is 1.30. The molecular formula is C33H26N4O. The van der Waals surface area contributed by atoms with Crippen molar-refractivity contribution >= 4 is 11.4 Å². The third-order valence-corrected chi connectivity index (χ3v) is 7.27. The molecule has 1 atom stereocenters. The number of hydrogen-bond acceptors (Lipinski definition) is 4. The van der Waals surface area contributed by atoms with Gasteiger partial charge >= 0.3 is 0 Å². The lowest BCUT2D eigenvalue weighted by Crippen LogP contribution is -2.28. The minimum absolute atomic E-state index is 0.343. The molecule has 0 bridgehead atoms. The maximum Gasteiger partial charge on any atom is 0.168 e. The Kier molecular flexibility index (Phi) is 5.22. The van der Waals surface area contributed by atoms with E-state index in [-0.39, 0.29) is 5.41 Å². The van der Waals surface area contributed by atoms with Gasteiger partial charge in [-0.1, -0.05) is 84.9 Å². The Morgan fingerprint density at radius 3 is 1.95 bits per heavy atom. The van der Waals surface area contributed by atoms with Crippen LogP contribution in [0.15, 0.2) is 133 Å². The second-order valence-electron chi connectivity index (χ2n) is 9.84. The van der Waals surface area contributed by atoms with Crippen molar-refractivity contribution in [3.8, 4) is 28.6 Å². The number of anilines is 2. The van der Waals surface area contributed by atoms with Crippen LogP contribution in [-0.4, -0.2) is 14.8 Å². The molecule has 5 heteroatoms. The van der Waals surface area contributed by atoms with Crippen molar-refractivity contribution in [3.63, 3.8) is 0 Å². The van der Waals surface area contributed by atoms with Crippen LogP contribution in [0.25, 0.3) is 17.1 Å². The summed E-state index contributed by atoms with van der Waals surface area (Å²) in [5.74, 6) is 3.46. The van der Waals surface area contributed by atoms with E-state index >= 15 is 0 Å². The summed E-state index contributed by atoms with van der Waals surface area (Å²) in [6.45, 7) is 2.23. The van der Waals surface area contributed by atoms with E-state index in [2.05, 4.69) is 88.2 Å². The molecule has 0 amide bonds. The minimum atomic E-state index is -0.343. The summed E-state index contributed by atoms with van der Waals surface area (Å²) in [4.78, 5) is 2.28. The number of hydrogen-bond donors (Lipinski definition) is 0. The highest BCUT2D eigenvalue weighted by molar-refractivity contribution is 5.82. The number of ether oxygens (including phenoxy) is 1. The molecule has 1 aliphatic heterocycles. The molecule has 38 heavy (non-hydrogen) atoms. The van der Waals surface area contributed by atoms with E-state index in [1.807, 2.05) is 60.7 Å². The monoisotopic (exact) mass is 494 g/mol. The van der Waals surface area contributed by atoms with Gasteiger partial charge in [0, 0.05) is 22.4 Å². The normalized spacial score (nSPS) is 17.8. The van der Waals surface area contributed by atoms with Crippen molar-refractivity contribution in [2.24, 2.45) is 0 Å². The van der Waals surface area contributed by atoms with Crippen LogP contribution in [0.3, 0.4) is 0 Å². The van der Waals surface area contributed by atoms with Crippen LogP contribution in [0.4, 0.5) is 11.4 Å². The first kappa shape index (κ1) is 22.3. The highest BCUT2D eigenvalue weighted by Crippen LogP contribution is 2.49. The number of rotatable bonds is 4. The molecule has 2 aliphatic rings. The van der Waals surface area contributed by atoms with Crippen molar-refractivity contribution in [1.82, 2.24) is 14.8 Å². The molecule has 0 saturated carbocycles. The first-order valence-electron chi connectivity index (χ1n) is 12.8. The fourth-order valence-corrected chi connectivity index (χ4v) is 5.29. The Bertz CT molecular complexity index is 1640. The summed E-state index contributed by atoms with van der Waals surface area (Å²) >= 11 is 0. The van der Waals surface area contributed by atoms with Crippen LogP contribution in [0.5, 0.6) is 11.5 Å². The summed E-state index contributed by atoms with van der Waals surface area (Å²) in [7, 11) is 0. The van der Waals surface area contributed by atoms with E-state index < -0.39 is 0 Å². The van der Waals surface area contributed by atoms with Crippen LogP contribution >= 0.6 is 0 Å². The third-order valence-electron chi connectivity index (χ3n) is 7.27. The van der Waals surface area contributed by atoms with E-state index in [0.29, 0.717) is 0 Å². The van der Waals surface area contributed by atoms with Gasteiger partial charge < -0.3 is 9.64 Å². The number of fused-ring (bicyclic) bond motifs is 2. The fourth-order valence-electron chi connectivity index (χ4n) is 5.29. The average Bonchev–Trinajstić information content (AvgIpc) is 3.44. The summed E-state index contributed by atoms with van der Waals surface area (Å²) in [6.07, 6.45) is 7.54. The highest BCUT2D eigenvalue weighted by atomic mass is 16.5. The van der Waals surface area contributed by atoms with Crippen molar-refractivity contribution in [2.45, 2.75) is 18.8 Å². The van der Waals surface area contributed by atoms with Gasteiger partial charge in [0.1, 0.15) is 5.82 Å². The largest absolute Gasteiger partial charge is 0.453 e. The van der Waals surface area contributed by atoms with Gasteiger partial charge in [0.25, 0.3) is 0 Å². The summed E-state index contributed by atoms with van der Waals surface area (Å²) < 4.78 is 8.40. The molecule has 0 saturated heterocycles. The summed E-state index contributed by atoms with van der Waals surface area (Å²) in [5.41, 5.74) is 4.92. The molecule has 1 aromatic heterocycles. The zero-order valence-corrected chi connectivity index (χ0v) is 21.0. The summed E-state index contributed by atoms with van der Waals surface area (Å²) in [5, 5.41) is 9.46. The van der Waals surface area contributed by atoms with E-state index in [1.54, 1.807) is 0 Å².